The summed E-state index contributed by atoms with van der Waals surface area (Å²) in [5, 5.41) is 12.5. The first kappa shape index (κ1) is 18.3. The number of halogens is 1. The molecule has 1 saturated carbocycles. The van der Waals surface area contributed by atoms with Crippen LogP contribution in [-0.4, -0.2) is 44.7 Å². The first-order valence-electron chi connectivity index (χ1n) is 10.5. The fraction of sp³-hybridized carbons (Fsp3) is 0.292. The lowest BCUT2D eigenvalue weighted by Crippen LogP contribution is -2.67. The van der Waals surface area contributed by atoms with Gasteiger partial charge in [-0.1, -0.05) is 18.2 Å². The van der Waals surface area contributed by atoms with E-state index in [0.29, 0.717) is 37.3 Å². The Balaban J connectivity index is 1.25. The highest BCUT2D eigenvalue weighted by Gasteiger charge is 2.59. The zero-order chi connectivity index (χ0) is 21.2. The number of H-pyrrole nitrogens is 1. The maximum absolute atomic E-state index is 13.9. The van der Waals surface area contributed by atoms with Crippen molar-refractivity contribution in [2.75, 3.05) is 18.4 Å². The van der Waals surface area contributed by atoms with E-state index < -0.39 is 5.67 Å². The molecule has 3 heterocycles. The summed E-state index contributed by atoms with van der Waals surface area (Å²) >= 11 is 0. The van der Waals surface area contributed by atoms with Crippen molar-refractivity contribution in [3.8, 4) is 0 Å². The third-order valence-corrected chi connectivity index (χ3v) is 6.52. The molecule has 2 fully saturated rings. The zero-order valence-electron chi connectivity index (χ0n) is 17.2. The maximum Gasteiger partial charge on any atom is 0.254 e. The molecule has 4 aromatic rings. The molecule has 2 aromatic heterocycles. The summed E-state index contributed by atoms with van der Waals surface area (Å²) in [6, 6.07) is 15.5. The largest absolute Gasteiger partial charge is 0.337 e. The number of anilines is 2. The average molecular weight is 415 g/mol. The van der Waals surface area contributed by atoms with E-state index in [1.807, 2.05) is 53.4 Å². The quantitative estimate of drug-likeness (QED) is 0.503. The number of rotatable bonds is 3. The molecule has 0 radical (unpaired) electrons. The van der Waals surface area contributed by atoms with Crippen LogP contribution >= 0.6 is 0 Å². The predicted octanol–water partition coefficient (Wildman–Crippen LogP) is 4.82. The molecule has 0 atom stereocenters. The lowest BCUT2D eigenvalue weighted by atomic mass is 9.56. The van der Waals surface area contributed by atoms with Gasteiger partial charge in [-0.25, -0.2) is 4.39 Å². The second-order valence-corrected chi connectivity index (χ2v) is 9.27. The average Bonchev–Trinajstić information content (AvgIpc) is 3.12. The Kier molecular flexibility index (Phi) is 3.70. The molecule has 6 nitrogen and oxygen atoms in total. The van der Waals surface area contributed by atoms with Crippen LogP contribution in [0.5, 0.6) is 0 Å². The van der Waals surface area contributed by atoms with Crippen molar-refractivity contribution in [3.63, 3.8) is 0 Å². The molecular weight excluding hydrogens is 393 g/mol. The number of aromatic nitrogens is 3. The van der Waals surface area contributed by atoms with Gasteiger partial charge in [0.25, 0.3) is 5.91 Å². The number of nitrogens with zero attached hydrogens (tertiary/aromatic N) is 3. The van der Waals surface area contributed by atoms with E-state index in [1.165, 1.54) is 0 Å². The van der Waals surface area contributed by atoms with E-state index >= 15 is 0 Å². The number of nitrogens with one attached hydrogen (secondary N) is 2. The number of carbonyl (C=O) groups is 1. The van der Waals surface area contributed by atoms with Gasteiger partial charge in [-0.2, -0.15) is 5.10 Å². The summed E-state index contributed by atoms with van der Waals surface area (Å²) in [5.74, 6) is 0.681. The van der Waals surface area contributed by atoms with Crippen molar-refractivity contribution >= 4 is 39.2 Å². The Hall–Kier alpha value is -3.48. The number of alkyl halides is 1. The number of pyridine rings is 1. The number of hydrogen-bond donors (Lipinski definition) is 2. The van der Waals surface area contributed by atoms with Gasteiger partial charge in [0.2, 0.25) is 0 Å². The molecule has 1 aliphatic carbocycles. The SMILES string of the molecule is CC1(F)CC2(CN(C(=O)c3cccc4cc(Nc5n[nH]c6cccnc56)ccc34)C2)C1. The first-order chi connectivity index (χ1) is 14.9. The minimum atomic E-state index is -1.06. The lowest BCUT2D eigenvalue weighted by Gasteiger charge is -2.60. The number of likely N-dealkylation sites (tertiary alicyclic amines) is 1. The smallest absolute Gasteiger partial charge is 0.254 e. The summed E-state index contributed by atoms with van der Waals surface area (Å²) in [7, 11) is 0. The minimum absolute atomic E-state index is 0.00119. The maximum atomic E-state index is 13.9. The second kappa shape index (κ2) is 6.26. The molecule has 2 N–H and O–H groups in total. The van der Waals surface area contributed by atoms with Gasteiger partial charge in [-0.15, -0.1) is 0 Å². The van der Waals surface area contributed by atoms with E-state index in [-0.39, 0.29) is 11.3 Å². The van der Waals surface area contributed by atoms with Crippen molar-refractivity contribution in [1.29, 1.82) is 0 Å². The molecule has 1 spiro atoms. The highest BCUT2D eigenvalue weighted by Crippen LogP contribution is 2.56. The van der Waals surface area contributed by atoms with Gasteiger partial charge in [-0.3, -0.25) is 14.9 Å². The zero-order valence-corrected chi connectivity index (χ0v) is 17.2. The summed E-state index contributed by atoms with van der Waals surface area (Å²) in [4.78, 5) is 19.3. The van der Waals surface area contributed by atoms with Gasteiger partial charge in [0.15, 0.2) is 5.82 Å². The topological polar surface area (TPSA) is 73.9 Å². The monoisotopic (exact) mass is 415 g/mol. The predicted molar refractivity (Wildman–Crippen MR) is 118 cm³/mol. The van der Waals surface area contributed by atoms with Gasteiger partial charge in [0, 0.05) is 36.0 Å². The van der Waals surface area contributed by atoms with E-state index in [0.717, 1.165) is 27.5 Å². The van der Waals surface area contributed by atoms with Gasteiger partial charge >= 0.3 is 0 Å². The standard InChI is InChI=1S/C24H22FN5O/c1-23(25)11-24(12-23)13-30(14-24)22(31)18-5-2-4-15-10-16(7-8-17(15)18)27-21-20-19(28-29-21)6-3-9-26-20/h2-10H,11-14H2,1H3,(H2,27,28,29). The molecule has 1 saturated heterocycles. The highest BCUT2D eigenvalue weighted by atomic mass is 19.1. The van der Waals surface area contributed by atoms with E-state index in [2.05, 4.69) is 20.5 Å². The fourth-order valence-electron chi connectivity index (χ4n) is 5.44. The van der Waals surface area contributed by atoms with Crippen molar-refractivity contribution in [2.24, 2.45) is 5.41 Å². The van der Waals surface area contributed by atoms with Crippen LogP contribution < -0.4 is 5.32 Å². The van der Waals surface area contributed by atoms with Crippen LogP contribution in [0.4, 0.5) is 15.9 Å². The van der Waals surface area contributed by atoms with E-state index in [9.17, 15) is 9.18 Å². The second-order valence-electron chi connectivity index (χ2n) is 9.27. The molecule has 6 rings (SSSR count). The van der Waals surface area contributed by atoms with Gasteiger partial charge in [-0.05, 0) is 60.9 Å². The molecule has 0 bridgehead atoms. The Morgan fingerprint density at radius 1 is 1.16 bits per heavy atom. The number of aromatic amines is 1. The molecule has 156 valence electrons. The number of amides is 1. The molecule has 31 heavy (non-hydrogen) atoms. The van der Waals surface area contributed by atoms with Crippen LogP contribution in [0.15, 0.2) is 54.7 Å². The minimum Gasteiger partial charge on any atom is -0.337 e. The van der Waals surface area contributed by atoms with Crippen molar-refractivity contribution in [3.05, 3.63) is 60.3 Å². The van der Waals surface area contributed by atoms with Crippen molar-refractivity contribution in [2.45, 2.75) is 25.4 Å². The molecule has 0 unspecified atom stereocenters. The number of benzene rings is 2. The van der Waals surface area contributed by atoms with Gasteiger partial charge in [0.05, 0.1) is 5.52 Å². The van der Waals surface area contributed by atoms with Crippen LogP contribution in [-0.2, 0) is 0 Å². The fourth-order valence-corrected chi connectivity index (χ4v) is 5.44. The third kappa shape index (κ3) is 2.95. The van der Waals surface area contributed by atoms with E-state index in [1.54, 1.807) is 13.1 Å². The third-order valence-electron chi connectivity index (χ3n) is 6.52. The number of carbonyl (C=O) groups excluding carboxylic acids is 1. The van der Waals surface area contributed by atoms with Crippen LogP contribution in [0, 0.1) is 5.41 Å². The summed E-state index contributed by atoms with van der Waals surface area (Å²) in [6.45, 7) is 2.96. The Morgan fingerprint density at radius 3 is 2.81 bits per heavy atom. The normalized spacial score (nSPS) is 18.7. The summed E-state index contributed by atoms with van der Waals surface area (Å²) in [6.07, 6.45) is 2.86. The van der Waals surface area contributed by atoms with Crippen LogP contribution in [0.25, 0.3) is 21.8 Å². The molecule has 7 heteroatoms. The molecule has 2 aromatic carbocycles. The Morgan fingerprint density at radius 2 is 2.00 bits per heavy atom. The first-order valence-corrected chi connectivity index (χ1v) is 10.5. The number of fused-ring (bicyclic) bond motifs is 2. The Bertz CT molecular complexity index is 1330. The molecule has 2 aliphatic rings. The van der Waals surface area contributed by atoms with Crippen molar-refractivity contribution < 1.29 is 9.18 Å². The molecule has 1 amide bonds. The van der Waals surface area contributed by atoms with Gasteiger partial charge in [0.1, 0.15) is 11.2 Å². The Labute approximate surface area is 178 Å². The summed E-state index contributed by atoms with van der Waals surface area (Å²) < 4.78 is 13.9. The molecule has 1 aliphatic heterocycles. The van der Waals surface area contributed by atoms with Crippen molar-refractivity contribution in [1.82, 2.24) is 20.1 Å². The molecular formula is C24H22FN5O. The van der Waals surface area contributed by atoms with Crippen LogP contribution in [0.2, 0.25) is 0 Å². The lowest BCUT2D eigenvalue weighted by molar-refractivity contribution is -0.131. The summed E-state index contributed by atoms with van der Waals surface area (Å²) in [5.41, 5.74) is 2.14. The highest BCUT2D eigenvalue weighted by molar-refractivity contribution is 6.08. The van der Waals surface area contributed by atoms with E-state index in [4.69, 9.17) is 0 Å². The van der Waals surface area contributed by atoms with Crippen LogP contribution in [0.3, 0.4) is 0 Å². The number of hydrogen-bond acceptors (Lipinski definition) is 4. The van der Waals surface area contributed by atoms with Crippen LogP contribution in [0.1, 0.15) is 30.1 Å². The van der Waals surface area contributed by atoms with Gasteiger partial charge < -0.3 is 10.2 Å².